The second-order valence-corrected chi connectivity index (χ2v) is 7.41. The Kier molecular flexibility index (Phi) is 3.61. The van der Waals surface area contributed by atoms with Crippen molar-refractivity contribution in [3.05, 3.63) is 47.5 Å². The van der Waals surface area contributed by atoms with E-state index in [4.69, 9.17) is 11.5 Å². The minimum absolute atomic E-state index is 0.383. The number of benzene rings is 2. The zero-order valence-corrected chi connectivity index (χ0v) is 12.4. The molecule has 0 radical (unpaired) electrons. The summed E-state index contributed by atoms with van der Waals surface area (Å²) in [5.41, 5.74) is 15.9. The van der Waals surface area contributed by atoms with Gasteiger partial charge in [0.1, 0.15) is 0 Å². The SMILES string of the molecule is Cc1ccc([Te]c2ccc(C)c(N)c2)cc1N. The van der Waals surface area contributed by atoms with Crippen LogP contribution >= 0.6 is 0 Å². The van der Waals surface area contributed by atoms with Gasteiger partial charge >= 0.3 is 112 Å². The predicted octanol–water partition coefficient (Wildman–Crippen LogP) is 1.12. The maximum atomic E-state index is 5.92. The average molecular weight is 340 g/mol. The third kappa shape index (κ3) is 2.94. The standard InChI is InChI=1S/C14H16N2Te/c1-9-3-5-11(7-13(9)15)17-12-6-4-10(2)14(16)8-12/h3-8H,15-16H2,1-2H3. The molecule has 0 aliphatic heterocycles. The van der Waals surface area contributed by atoms with Gasteiger partial charge in [-0.2, -0.15) is 0 Å². The summed E-state index contributed by atoms with van der Waals surface area (Å²) < 4.78 is 2.70. The van der Waals surface area contributed by atoms with Gasteiger partial charge < -0.3 is 0 Å². The molecule has 0 aliphatic carbocycles. The van der Waals surface area contributed by atoms with Gasteiger partial charge in [-0.15, -0.1) is 0 Å². The molecule has 0 saturated carbocycles. The molecule has 2 nitrogen and oxygen atoms in total. The third-order valence-electron chi connectivity index (χ3n) is 2.74. The zero-order valence-electron chi connectivity index (χ0n) is 10.0. The number of nitrogen functional groups attached to an aromatic ring is 2. The summed E-state index contributed by atoms with van der Waals surface area (Å²) in [6.45, 7) is 4.06. The van der Waals surface area contributed by atoms with E-state index >= 15 is 0 Å². The van der Waals surface area contributed by atoms with Crippen LogP contribution in [-0.4, -0.2) is 20.9 Å². The fourth-order valence-corrected chi connectivity index (χ4v) is 4.11. The summed E-state index contributed by atoms with van der Waals surface area (Å²) in [5, 5.41) is 0. The van der Waals surface area contributed by atoms with Gasteiger partial charge in [-0.3, -0.25) is 0 Å². The van der Waals surface area contributed by atoms with Crippen LogP contribution in [0.5, 0.6) is 0 Å². The molecule has 3 heteroatoms. The summed E-state index contributed by atoms with van der Waals surface area (Å²) in [6, 6.07) is 12.7. The molecule has 0 spiro atoms. The summed E-state index contributed by atoms with van der Waals surface area (Å²) >= 11 is -0.383. The van der Waals surface area contributed by atoms with Crippen molar-refractivity contribution in [2.24, 2.45) is 0 Å². The molecule has 0 saturated heterocycles. The molecule has 2 aromatic carbocycles. The molecule has 4 N–H and O–H groups in total. The van der Waals surface area contributed by atoms with Gasteiger partial charge in [-0.05, 0) is 0 Å². The van der Waals surface area contributed by atoms with Crippen LogP contribution in [0.3, 0.4) is 0 Å². The summed E-state index contributed by atoms with van der Waals surface area (Å²) in [7, 11) is 0. The number of aryl methyl sites for hydroxylation is 2. The van der Waals surface area contributed by atoms with E-state index in [2.05, 4.69) is 36.4 Å². The van der Waals surface area contributed by atoms with Gasteiger partial charge in [0.15, 0.2) is 0 Å². The number of hydrogen-bond donors (Lipinski definition) is 2. The van der Waals surface area contributed by atoms with Crippen LogP contribution in [0.2, 0.25) is 0 Å². The quantitative estimate of drug-likeness (QED) is 0.636. The van der Waals surface area contributed by atoms with E-state index in [1.807, 2.05) is 13.8 Å². The van der Waals surface area contributed by atoms with E-state index in [0.717, 1.165) is 22.5 Å². The van der Waals surface area contributed by atoms with Crippen LogP contribution in [-0.2, 0) is 0 Å². The molecular weight excluding hydrogens is 324 g/mol. The molecule has 2 aromatic rings. The Bertz CT molecular complexity index is 500. The van der Waals surface area contributed by atoms with Crippen LogP contribution in [0.1, 0.15) is 11.1 Å². The van der Waals surface area contributed by atoms with Gasteiger partial charge in [-0.1, -0.05) is 0 Å². The van der Waals surface area contributed by atoms with E-state index < -0.39 is 0 Å². The molecule has 0 atom stereocenters. The predicted molar refractivity (Wildman–Crippen MR) is 76.2 cm³/mol. The molecule has 2 rings (SSSR count). The van der Waals surface area contributed by atoms with E-state index in [1.165, 1.54) is 7.22 Å². The molecule has 88 valence electrons. The molecule has 0 unspecified atom stereocenters. The van der Waals surface area contributed by atoms with Crippen molar-refractivity contribution in [1.29, 1.82) is 0 Å². The van der Waals surface area contributed by atoms with Crippen LogP contribution in [0.4, 0.5) is 11.4 Å². The second kappa shape index (κ2) is 4.99. The van der Waals surface area contributed by atoms with E-state index in [-0.39, 0.29) is 20.9 Å². The number of hydrogen-bond acceptors (Lipinski definition) is 2. The molecular formula is C14H16N2Te. The van der Waals surface area contributed by atoms with Crippen molar-refractivity contribution in [1.82, 2.24) is 0 Å². The summed E-state index contributed by atoms with van der Waals surface area (Å²) in [6.07, 6.45) is 0. The maximum absolute atomic E-state index is 5.92. The second-order valence-electron chi connectivity index (χ2n) is 4.14. The number of rotatable bonds is 2. The monoisotopic (exact) mass is 342 g/mol. The van der Waals surface area contributed by atoms with Crippen molar-refractivity contribution in [3.8, 4) is 0 Å². The fraction of sp³-hybridized carbons (Fsp3) is 0.143. The Morgan fingerprint density at radius 3 is 1.53 bits per heavy atom. The third-order valence-corrected chi connectivity index (χ3v) is 5.53. The number of anilines is 2. The Hall–Kier alpha value is -1.17. The van der Waals surface area contributed by atoms with Crippen LogP contribution in [0.15, 0.2) is 36.4 Å². The van der Waals surface area contributed by atoms with Gasteiger partial charge in [0.25, 0.3) is 0 Å². The topological polar surface area (TPSA) is 52.0 Å². The van der Waals surface area contributed by atoms with E-state index in [9.17, 15) is 0 Å². The van der Waals surface area contributed by atoms with Gasteiger partial charge in [0, 0.05) is 0 Å². The molecule has 0 heterocycles. The van der Waals surface area contributed by atoms with Crippen molar-refractivity contribution >= 4 is 39.5 Å². The van der Waals surface area contributed by atoms with Crippen molar-refractivity contribution < 1.29 is 0 Å². The Labute approximate surface area is 112 Å². The van der Waals surface area contributed by atoms with Crippen LogP contribution < -0.4 is 18.7 Å². The Morgan fingerprint density at radius 2 is 1.18 bits per heavy atom. The van der Waals surface area contributed by atoms with Gasteiger partial charge in [0.2, 0.25) is 0 Å². The molecule has 0 aromatic heterocycles. The molecule has 0 amide bonds. The van der Waals surface area contributed by atoms with Gasteiger partial charge in [0.05, 0.1) is 0 Å². The first-order chi connectivity index (χ1) is 8.06. The molecule has 0 fully saturated rings. The Balaban J connectivity index is 2.25. The first-order valence-corrected chi connectivity index (χ1v) is 7.79. The summed E-state index contributed by atoms with van der Waals surface area (Å²) in [4.78, 5) is 0. The molecule has 0 bridgehead atoms. The van der Waals surface area contributed by atoms with E-state index in [0.29, 0.717) is 0 Å². The first-order valence-electron chi connectivity index (χ1n) is 5.46. The van der Waals surface area contributed by atoms with Crippen LogP contribution in [0, 0.1) is 13.8 Å². The fourth-order valence-electron chi connectivity index (χ4n) is 1.50. The van der Waals surface area contributed by atoms with Crippen molar-refractivity contribution in [3.63, 3.8) is 0 Å². The van der Waals surface area contributed by atoms with Gasteiger partial charge in [-0.25, -0.2) is 0 Å². The van der Waals surface area contributed by atoms with Crippen molar-refractivity contribution in [2.75, 3.05) is 11.5 Å². The van der Waals surface area contributed by atoms with E-state index in [1.54, 1.807) is 0 Å². The zero-order chi connectivity index (χ0) is 12.4. The normalized spacial score (nSPS) is 10.5. The number of nitrogens with two attached hydrogens (primary N) is 2. The minimum atomic E-state index is -0.383. The van der Waals surface area contributed by atoms with Crippen molar-refractivity contribution in [2.45, 2.75) is 13.8 Å². The molecule has 17 heavy (non-hydrogen) atoms. The first kappa shape index (κ1) is 12.3. The van der Waals surface area contributed by atoms with Crippen LogP contribution in [0.25, 0.3) is 0 Å². The Morgan fingerprint density at radius 1 is 0.765 bits per heavy atom. The summed E-state index contributed by atoms with van der Waals surface area (Å²) in [5.74, 6) is 0. The average Bonchev–Trinajstić information content (AvgIpc) is 2.29. The molecule has 0 aliphatic rings.